The summed E-state index contributed by atoms with van der Waals surface area (Å²) in [5, 5.41) is 4.23. The monoisotopic (exact) mass is 365 g/mol. The fourth-order valence-corrected chi connectivity index (χ4v) is 2.83. The van der Waals surface area contributed by atoms with Crippen LogP contribution in [0.3, 0.4) is 0 Å². The molecule has 0 aliphatic carbocycles. The zero-order chi connectivity index (χ0) is 15.4. The van der Waals surface area contributed by atoms with Crippen LogP contribution in [0.5, 0.6) is 0 Å². The molecule has 2 aromatic carbocycles. The van der Waals surface area contributed by atoms with Crippen LogP contribution in [0.15, 0.2) is 46.9 Å². The Morgan fingerprint density at radius 2 is 1.71 bits per heavy atom. The molecule has 0 aliphatic rings. The molecule has 0 saturated carbocycles. The van der Waals surface area contributed by atoms with Crippen molar-refractivity contribution in [3.05, 3.63) is 63.1 Å². The Hall–Kier alpha value is -0.990. The number of halogens is 2. The number of anilines is 1. The summed E-state index contributed by atoms with van der Waals surface area (Å²) < 4.78 is 0.911. The molecule has 1 nitrogen and oxygen atoms in total. The quantitative estimate of drug-likeness (QED) is 0.639. The van der Waals surface area contributed by atoms with Crippen molar-refractivity contribution in [1.82, 2.24) is 0 Å². The molecule has 2 aromatic rings. The van der Waals surface area contributed by atoms with Gasteiger partial charge in [-0.15, -0.1) is 0 Å². The van der Waals surface area contributed by atoms with Crippen LogP contribution in [0.25, 0.3) is 0 Å². The van der Waals surface area contributed by atoms with Crippen LogP contribution < -0.4 is 5.32 Å². The van der Waals surface area contributed by atoms with Gasteiger partial charge in [0.15, 0.2) is 0 Å². The minimum atomic E-state index is 0.256. The number of hydrogen-bond acceptors (Lipinski definition) is 1. The second-order valence-corrected chi connectivity index (χ2v) is 7.10. The van der Waals surface area contributed by atoms with Gasteiger partial charge in [-0.25, -0.2) is 0 Å². The summed E-state index contributed by atoms with van der Waals surface area (Å²) in [5.74, 6) is 0.692. The van der Waals surface area contributed by atoms with Crippen molar-refractivity contribution in [2.75, 3.05) is 5.32 Å². The van der Waals surface area contributed by atoms with Crippen molar-refractivity contribution in [2.24, 2.45) is 5.92 Å². The van der Waals surface area contributed by atoms with E-state index in [1.54, 1.807) is 0 Å². The van der Waals surface area contributed by atoms with E-state index in [-0.39, 0.29) is 6.04 Å². The summed E-state index contributed by atoms with van der Waals surface area (Å²) in [6, 6.07) is 15.0. The topological polar surface area (TPSA) is 12.0 Å². The lowest BCUT2D eigenvalue weighted by Crippen LogP contribution is -2.06. The maximum atomic E-state index is 6.02. The molecule has 1 unspecified atom stereocenters. The van der Waals surface area contributed by atoms with Crippen molar-refractivity contribution < 1.29 is 0 Å². The van der Waals surface area contributed by atoms with E-state index >= 15 is 0 Å². The first kappa shape index (κ1) is 16.4. The largest absolute Gasteiger partial charge is 0.378 e. The molecule has 0 amide bonds. The predicted molar refractivity (Wildman–Crippen MR) is 96.2 cm³/mol. The van der Waals surface area contributed by atoms with Crippen LogP contribution in [0.1, 0.15) is 37.9 Å². The molecule has 0 heterocycles. The van der Waals surface area contributed by atoms with Crippen LogP contribution in [-0.2, 0) is 6.42 Å². The lowest BCUT2D eigenvalue weighted by atomic mass is 10.00. The van der Waals surface area contributed by atoms with Crippen LogP contribution in [0.4, 0.5) is 5.69 Å². The van der Waals surface area contributed by atoms with Gasteiger partial charge in [-0.3, -0.25) is 0 Å². The molecular weight excluding hydrogens is 346 g/mol. The van der Waals surface area contributed by atoms with E-state index in [1.807, 2.05) is 18.2 Å². The van der Waals surface area contributed by atoms with Gasteiger partial charge in [0, 0.05) is 16.2 Å². The first-order valence-corrected chi connectivity index (χ1v) is 8.43. The van der Waals surface area contributed by atoms with Gasteiger partial charge >= 0.3 is 0 Å². The SMILES string of the molecule is CC(C)Cc1ccc(C(C)Nc2ccc(Cl)c(Br)c2)cc1. The highest BCUT2D eigenvalue weighted by molar-refractivity contribution is 9.10. The molecule has 0 radical (unpaired) electrons. The molecular formula is C18H21BrClN. The van der Waals surface area contributed by atoms with Gasteiger partial charge in [0.1, 0.15) is 0 Å². The third kappa shape index (κ3) is 4.76. The summed E-state index contributed by atoms with van der Waals surface area (Å²) in [6.45, 7) is 6.66. The van der Waals surface area contributed by atoms with Crippen molar-refractivity contribution >= 4 is 33.2 Å². The van der Waals surface area contributed by atoms with E-state index < -0.39 is 0 Å². The Balaban J connectivity index is 2.05. The summed E-state index contributed by atoms with van der Waals surface area (Å²) in [7, 11) is 0. The fourth-order valence-electron chi connectivity index (χ4n) is 2.33. The summed E-state index contributed by atoms with van der Waals surface area (Å²) in [6.07, 6.45) is 1.13. The third-order valence-electron chi connectivity index (χ3n) is 3.43. The first-order chi connectivity index (χ1) is 9.95. The molecule has 3 heteroatoms. The highest BCUT2D eigenvalue weighted by Gasteiger charge is 2.07. The summed E-state index contributed by atoms with van der Waals surface area (Å²) in [5.41, 5.74) is 3.74. The average Bonchev–Trinajstić information content (AvgIpc) is 2.43. The molecule has 2 rings (SSSR count). The van der Waals surface area contributed by atoms with E-state index in [0.717, 1.165) is 21.6 Å². The first-order valence-electron chi connectivity index (χ1n) is 7.26. The van der Waals surface area contributed by atoms with Gasteiger partial charge in [-0.1, -0.05) is 49.7 Å². The van der Waals surface area contributed by atoms with Crippen LogP contribution in [0, 0.1) is 5.92 Å². The van der Waals surface area contributed by atoms with Crippen molar-refractivity contribution in [1.29, 1.82) is 0 Å². The second-order valence-electron chi connectivity index (χ2n) is 5.83. The van der Waals surface area contributed by atoms with Gasteiger partial charge < -0.3 is 5.32 Å². The van der Waals surface area contributed by atoms with Gasteiger partial charge in [0.05, 0.1) is 5.02 Å². The standard InChI is InChI=1S/C18H21BrClN/c1-12(2)10-14-4-6-15(7-5-14)13(3)21-16-8-9-18(20)17(19)11-16/h4-9,11-13,21H,10H2,1-3H3. The number of nitrogens with one attached hydrogen (secondary N) is 1. The number of rotatable bonds is 5. The molecule has 0 bridgehead atoms. The molecule has 0 aliphatic heterocycles. The second kappa shape index (κ2) is 7.33. The average molecular weight is 367 g/mol. The highest BCUT2D eigenvalue weighted by Crippen LogP contribution is 2.28. The molecule has 112 valence electrons. The number of benzene rings is 2. The Kier molecular flexibility index (Phi) is 5.72. The minimum Gasteiger partial charge on any atom is -0.378 e. The fraction of sp³-hybridized carbons (Fsp3) is 0.333. The molecule has 21 heavy (non-hydrogen) atoms. The third-order valence-corrected chi connectivity index (χ3v) is 4.64. The molecule has 0 spiro atoms. The van der Waals surface area contributed by atoms with E-state index in [1.165, 1.54) is 11.1 Å². The van der Waals surface area contributed by atoms with Crippen molar-refractivity contribution in [3.63, 3.8) is 0 Å². The molecule has 1 atom stereocenters. The van der Waals surface area contributed by atoms with Crippen molar-refractivity contribution in [2.45, 2.75) is 33.2 Å². The molecule has 0 aromatic heterocycles. The van der Waals surface area contributed by atoms with Crippen LogP contribution >= 0.6 is 27.5 Å². The molecule has 1 N–H and O–H groups in total. The Labute approximate surface area is 140 Å². The Morgan fingerprint density at radius 3 is 2.29 bits per heavy atom. The smallest absolute Gasteiger partial charge is 0.0549 e. The summed E-state index contributed by atoms with van der Waals surface area (Å²) in [4.78, 5) is 0. The van der Waals surface area contributed by atoms with E-state index in [4.69, 9.17) is 11.6 Å². The normalized spacial score (nSPS) is 12.5. The lowest BCUT2D eigenvalue weighted by Gasteiger charge is -2.17. The molecule has 0 saturated heterocycles. The van der Waals surface area contributed by atoms with Crippen LogP contribution in [-0.4, -0.2) is 0 Å². The Morgan fingerprint density at radius 1 is 1.05 bits per heavy atom. The van der Waals surface area contributed by atoms with Crippen LogP contribution in [0.2, 0.25) is 5.02 Å². The maximum absolute atomic E-state index is 6.02. The maximum Gasteiger partial charge on any atom is 0.0549 e. The van der Waals surface area contributed by atoms with Gasteiger partial charge in [0.25, 0.3) is 0 Å². The van der Waals surface area contributed by atoms with E-state index in [2.05, 4.69) is 66.3 Å². The zero-order valence-corrected chi connectivity index (χ0v) is 15.0. The minimum absolute atomic E-state index is 0.256. The highest BCUT2D eigenvalue weighted by atomic mass is 79.9. The Bertz CT molecular complexity index is 593. The van der Waals surface area contributed by atoms with E-state index in [0.29, 0.717) is 5.92 Å². The van der Waals surface area contributed by atoms with Gasteiger partial charge in [-0.05, 0) is 64.5 Å². The van der Waals surface area contributed by atoms with Gasteiger partial charge in [-0.2, -0.15) is 0 Å². The van der Waals surface area contributed by atoms with Crippen molar-refractivity contribution in [3.8, 4) is 0 Å². The van der Waals surface area contributed by atoms with E-state index in [9.17, 15) is 0 Å². The zero-order valence-electron chi connectivity index (χ0n) is 12.7. The number of hydrogen-bond donors (Lipinski definition) is 1. The summed E-state index contributed by atoms with van der Waals surface area (Å²) >= 11 is 9.47. The predicted octanol–water partition coefficient (Wildman–Crippen LogP) is 6.47. The van der Waals surface area contributed by atoms with Gasteiger partial charge in [0.2, 0.25) is 0 Å². The molecule has 0 fully saturated rings. The lowest BCUT2D eigenvalue weighted by molar-refractivity contribution is 0.647.